The monoisotopic (exact) mass is 251 g/mol. The Bertz CT molecular complexity index is 328. The Balaban J connectivity index is 2.33. The maximum absolute atomic E-state index is 9.61. The quantitative estimate of drug-likeness (QED) is 0.709. The molecule has 1 aromatic rings. The number of ether oxygens (including phenoxy) is 1. The molecule has 0 aromatic heterocycles. The highest BCUT2D eigenvalue weighted by atomic mass is 16.5. The van der Waals surface area contributed by atoms with Gasteiger partial charge in [-0.15, -0.1) is 0 Å². The summed E-state index contributed by atoms with van der Waals surface area (Å²) >= 11 is 0. The van der Waals surface area contributed by atoms with Gasteiger partial charge in [-0.1, -0.05) is 32.4 Å². The molecule has 0 saturated carbocycles. The average Bonchev–Trinajstić information content (AvgIpc) is 2.37. The Morgan fingerprint density at radius 2 is 2.11 bits per heavy atom. The minimum atomic E-state index is -0.241. The molecule has 2 N–H and O–H groups in total. The van der Waals surface area contributed by atoms with E-state index >= 15 is 0 Å². The molecule has 0 radical (unpaired) electrons. The van der Waals surface area contributed by atoms with E-state index < -0.39 is 0 Å². The summed E-state index contributed by atoms with van der Waals surface area (Å²) in [6, 6.07) is 8.10. The third-order valence-electron chi connectivity index (χ3n) is 2.70. The summed E-state index contributed by atoms with van der Waals surface area (Å²) in [5.74, 6) is 0.922. The normalized spacial score (nSPS) is 12.4. The van der Waals surface area contributed by atoms with Crippen LogP contribution in [0.25, 0.3) is 0 Å². The second-order valence-electron chi connectivity index (χ2n) is 4.57. The highest BCUT2D eigenvalue weighted by Gasteiger charge is 2.02. The summed E-state index contributed by atoms with van der Waals surface area (Å²) in [5.41, 5.74) is 1.19. The van der Waals surface area contributed by atoms with Gasteiger partial charge >= 0.3 is 0 Å². The third kappa shape index (κ3) is 6.03. The molecule has 1 unspecified atom stereocenters. The summed E-state index contributed by atoms with van der Waals surface area (Å²) in [5, 5.41) is 12.9. The summed E-state index contributed by atoms with van der Waals surface area (Å²) in [6.07, 6.45) is 2.65. The number of benzene rings is 1. The topological polar surface area (TPSA) is 41.5 Å². The van der Waals surface area contributed by atoms with Crippen molar-refractivity contribution in [2.75, 3.05) is 13.2 Å². The zero-order valence-corrected chi connectivity index (χ0v) is 11.5. The van der Waals surface area contributed by atoms with Crippen molar-refractivity contribution in [2.45, 2.75) is 45.8 Å². The third-order valence-corrected chi connectivity index (χ3v) is 2.70. The number of nitrogens with one attached hydrogen (secondary N) is 1. The van der Waals surface area contributed by atoms with Gasteiger partial charge in [-0.3, -0.25) is 0 Å². The van der Waals surface area contributed by atoms with E-state index in [0.717, 1.165) is 38.2 Å². The molecule has 1 rings (SSSR count). The van der Waals surface area contributed by atoms with Gasteiger partial charge < -0.3 is 15.2 Å². The fraction of sp³-hybridized carbons (Fsp3) is 0.600. The minimum absolute atomic E-state index is 0.241. The van der Waals surface area contributed by atoms with Gasteiger partial charge in [0.2, 0.25) is 0 Å². The first-order valence-electron chi connectivity index (χ1n) is 6.86. The molecule has 3 nitrogen and oxygen atoms in total. The molecule has 0 bridgehead atoms. The number of rotatable bonds is 9. The molecular formula is C15H25NO2. The molecule has 1 aromatic carbocycles. The van der Waals surface area contributed by atoms with Crippen molar-refractivity contribution in [3.05, 3.63) is 29.8 Å². The molecular weight excluding hydrogens is 226 g/mol. The molecule has 0 spiro atoms. The molecule has 0 aliphatic heterocycles. The maximum Gasteiger partial charge on any atom is 0.119 e. The Morgan fingerprint density at radius 1 is 1.28 bits per heavy atom. The van der Waals surface area contributed by atoms with E-state index in [1.54, 1.807) is 0 Å². The van der Waals surface area contributed by atoms with Crippen molar-refractivity contribution in [1.29, 1.82) is 0 Å². The van der Waals surface area contributed by atoms with Crippen molar-refractivity contribution in [3.63, 3.8) is 0 Å². The molecule has 0 aliphatic carbocycles. The Morgan fingerprint density at radius 3 is 2.83 bits per heavy atom. The van der Waals surface area contributed by atoms with Crippen molar-refractivity contribution < 1.29 is 9.84 Å². The highest BCUT2D eigenvalue weighted by molar-refractivity contribution is 5.28. The van der Waals surface area contributed by atoms with Gasteiger partial charge in [0.1, 0.15) is 5.75 Å². The Kier molecular flexibility index (Phi) is 7.46. The Hall–Kier alpha value is -1.06. The van der Waals surface area contributed by atoms with Crippen LogP contribution in [0.2, 0.25) is 0 Å². The van der Waals surface area contributed by atoms with E-state index in [-0.39, 0.29) is 6.10 Å². The molecule has 3 heteroatoms. The van der Waals surface area contributed by atoms with Crippen LogP contribution in [0, 0.1) is 0 Å². The van der Waals surface area contributed by atoms with Crippen LogP contribution in [0.15, 0.2) is 24.3 Å². The van der Waals surface area contributed by atoms with Crippen LogP contribution in [0.5, 0.6) is 5.75 Å². The number of aliphatic hydroxyl groups excluding tert-OH is 1. The highest BCUT2D eigenvalue weighted by Crippen LogP contribution is 2.13. The maximum atomic E-state index is 9.61. The van der Waals surface area contributed by atoms with Gasteiger partial charge in [-0.25, -0.2) is 0 Å². The van der Waals surface area contributed by atoms with E-state index in [2.05, 4.69) is 31.3 Å². The molecule has 102 valence electrons. The molecule has 0 saturated heterocycles. The fourth-order valence-electron chi connectivity index (χ4n) is 1.78. The van der Waals surface area contributed by atoms with Crippen LogP contribution in [0.4, 0.5) is 0 Å². The summed E-state index contributed by atoms with van der Waals surface area (Å²) in [6.45, 7) is 6.35. The lowest BCUT2D eigenvalue weighted by Crippen LogP contribution is -2.26. The van der Waals surface area contributed by atoms with E-state index in [0.29, 0.717) is 6.54 Å². The largest absolute Gasteiger partial charge is 0.494 e. The van der Waals surface area contributed by atoms with Gasteiger partial charge in [0.25, 0.3) is 0 Å². The zero-order chi connectivity index (χ0) is 13.2. The van der Waals surface area contributed by atoms with Gasteiger partial charge in [0.15, 0.2) is 0 Å². The lowest BCUT2D eigenvalue weighted by atomic mass is 10.2. The number of hydrogen-bond acceptors (Lipinski definition) is 3. The van der Waals surface area contributed by atoms with E-state index in [9.17, 15) is 5.11 Å². The van der Waals surface area contributed by atoms with Gasteiger partial charge in [-0.05, 0) is 30.5 Å². The molecule has 0 fully saturated rings. The van der Waals surface area contributed by atoms with Crippen molar-refractivity contribution in [3.8, 4) is 5.75 Å². The van der Waals surface area contributed by atoms with Crippen LogP contribution in [0.1, 0.15) is 38.7 Å². The molecule has 0 aliphatic rings. The molecule has 1 atom stereocenters. The van der Waals surface area contributed by atoms with E-state index in [1.165, 1.54) is 5.56 Å². The number of aliphatic hydroxyl groups is 1. The second-order valence-corrected chi connectivity index (χ2v) is 4.57. The van der Waals surface area contributed by atoms with Gasteiger partial charge in [0.05, 0.1) is 12.7 Å². The first-order valence-corrected chi connectivity index (χ1v) is 6.86. The summed E-state index contributed by atoms with van der Waals surface area (Å²) in [7, 11) is 0. The van der Waals surface area contributed by atoms with Gasteiger partial charge in [0, 0.05) is 13.1 Å². The second kappa shape index (κ2) is 8.95. The van der Waals surface area contributed by atoms with Gasteiger partial charge in [-0.2, -0.15) is 0 Å². The first kappa shape index (κ1) is 15.0. The van der Waals surface area contributed by atoms with Crippen LogP contribution in [-0.2, 0) is 6.54 Å². The fourth-order valence-corrected chi connectivity index (χ4v) is 1.78. The standard InChI is InChI=1S/C15H25NO2/c1-3-6-14(17)12-16-11-13-7-5-8-15(10-13)18-9-4-2/h5,7-8,10,14,16-17H,3-4,6,9,11-12H2,1-2H3. The predicted molar refractivity (Wildman–Crippen MR) is 74.8 cm³/mol. The van der Waals surface area contributed by atoms with Crippen molar-refractivity contribution >= 4 is 0 Å². The van der Waals surface area contributed by atoms with Crippen molar-refractivity contribution in [1.82, 2.24) is 5.32 Å². The SMILES string of the molecule is CCCOc1cccc(CNCC(O)CCC)c1. The molecule has 18 heavy (non-hydrogen) atoms. The minimum Gasteiger partial charge on any atom is -0.494 e. The number of hydrogen-bond donors (Lipinski definition) is 2. The lowest BCUT2D eigenvalue weighted by molar-refractivity contribution is 0.160. The van der Waals surface area contributed by atoms with E-state index in [4.69, 9.17) is 4.74 Å². The molecule has 0 heterocycles. The average molecular weight is 251 g/mol. The molecule has 0 amide bonds. The van der Waals surface area contributed by atoms with Crippen LogP contribution >= 0.6 is 0 Å². The van der Waals surface area contributed by atoms with E-state index in [1.807, 2.05) is 12.1 Å². The summed E-state index contributed by atoms with van der Waals surface area (Å²) < 4.78 is 5.58. The first-order chi connectivity index (χ1) is 8.76. The van der Waals surface area contributed by atoms with Crippen LogP contribution < -0.4 is 10.1 Å². The van der Waals surface area contributed by atoms with Crippen molar-refractivity contribution in [2.24, 2.45) is 0 Å². The van der Waals surface area contributed by atoms with Crippen LogP contribution in [0.3, 0.4) is 0 Å². The zero-order valence-electron chi connectivity index (χ0n) is 11.5. The smallest absolute Gasteiger partial charge is 0.119 e. The summed E-state index contributed by atoms with van der Waals surface area (Å²) in [4.78, 5) is 0. The lowest BCUT2D eigenvalue weighted by Gasteiger charge is -2.11. The van der Waals surface area contributed by atoms with Crippen LogP contribution in [-0.4, -0.2) is 24.4 Å². The Labute approximate surface area is 110 Å². The predicted octanol–water partition coefficient (Wildman–Crippen LogP) is 2.73.